The van der Waals surface area contributed by atoms with Gasteiger partial charge in [0.05, 0.1) is 24.8 Å². The fraction of sp³-hybridized carbons (Fsp3) is 0.500. The van der Waals surface area contributed by atoms with Gasteiger partial charge in [0.1, 0.15) is 11.9 Å². The van der Waals surface area contributed by atoms with E-state index in [4.69, 9.17) is 10.8 Å². The van der Waals surface area contributed by atoms with Gasteiger partial charge in [-0.05, 0) is 12.1 Å². The van der Waals surface area contributed by atoms with Crippen LogP contribution in [0.15, 0.2) is 16.9 Å². The van der Waals surface area contributed by atoms with Gasteiger partial charge in [0.25, 0.3) is 5.56 Å². The minimum Gasteiger partial charge on any atom is -0.395 e. The smallest absolute Gasteiger partial charge is 0.254 e. The first-order valence-electron chi connectivity index (χ1n) is 5.26. The number of aromatic amines is 1. The van der Waals surface area contributed by atoms with E-state index < -0.39 is 29.9 Å². The minimum absolute atomic E-state index is 0.227. The number of H-pyrrole nitrogens is 1. The molecule has 0 aliphatic carbocycles. The normalized spacial score (nSPS) is 32.9. The van der Waals surface area contributed by atoms with Gasteiger partial charge in [-0.2, -0.15) is 0 Å². The quantitative estimate of drug-likeness (QED) is 0.344. The summed E-state index contributed by atoms with van der Waals surface area (Å²) in [6, 6.07) is 1.63. The number of anilines is 1. The van der Waals surface area contributed by atoms with E-state index in [2.05, 4.69) is 10.3 Å². The number of hydrogen-bond acceptors (Lipinski definition) is 6. The molecule has 4 unspecified atom stereocenters. The number of aliphatic hydroxyl groups is 3. The molecule has 7 N–H and O–H groups in total. The predicted octanol–water partition coefficient (Wildman–Crippen LogP) is -2.32. The molecular formula is C10H15N3O4. The minimum atomic E-state index is -1.14. The lowest BCUT2D eigenvalue weighted by molar-refractivity contribution is 0.0193. The predicted molar refractivity (Wildman–Crippen MR) is 60.2 cm³/mol. The summed E-state index contributed by atoms with van der Waals surface area (Å²) in [6.07, 6.45) is -2.25. The zero-order chi connectivity index (χ0) is 12.6. The van der Waals surface area contributed by atoms with Gasteiger partial charge in [0.2, 0.25) is 0 Å². The van der Waals surface area contributed by atoms with Crippen LogP contribution in [0.3, 0.4) is 0 Å². The van der Waals surface area contributed by atoms with Crippen molar-refractivity contribution in [2.24, 2.45) is 0 Å². The highest BCUT2D eigenvalue weighted by atomic mass is 16.3. The van der Waals surface area contributed by atoms with Crippen molar-refractivity contribution in [3.63, 3.8) is 0 Å². The molecule has 2 rings (SSSR count). The van der Waals surface area contributed by atoms with Gasteiger partial charge in [-0.25, -0.2) is 0 Å². The van der Waals surface area contributed by atoms with Crippen molar-refractivity contribution in [1.82, 2.24) is 10.3 Å². The molecule has 0 spiro atoms. The van der Waals surface area contributed by atoms with Gasteiger partial charge in [0.15, 0.2) is 0 Å². The van der Waals surface area contributed by atoms with E-state index in [1.807, 2.05) is 0 Å². The van der Waals surface area contributed by atoms with E-state index >= 15 is 0 Å². The Morgan fingerprint density at radius 2 is 2.00 bits per heavy atom. The van der Waals surface area contributed by atoms with Crippen molar-refractivity contribution in [3.05, 3.63) is 28.0 Å². The molecule has 17 heavy (non-hydrogen) atoms. The fourth-order valence-electron chi connectivity index (χ4n) is 2.04. The van der Waals surface area contributed by atoms with Crippen LogP contribution in [0.25, 0.3) is 0 Å². The van der Waals surface area contributed by atoms with E-state index in [9.17, 15) is 15.0 Å². The van der Waals surface area contributed by atoms with Crippen LogP contribution in [0.2, 0.25) is 0 Å². The summed E-state index contributed by atoms with van der Waals surface area (Å²) in [5.74, 6) is 0.227. The lowest BCUT2D eigenvalue weighted by Gasteiger charge is -2.15. The molecule has 7 nitrogen and oxygen atoms in total. The largest absolute Gasteiger partial charge is 0.395 e. The second kappa shape index (κ2) is 4.46. The lowest BCUT2D eigenvalue weighted by atomic mass is 10.0. The van der Waals surface area contributed by atoms with Crippen molar-refractivity contribution in [3.8, 4) is 0 Å². The van der Waals surface area contributed by atoms with Gasteiger partial charge in [-0.15, -0.1) is 0 Å². The molecule has 2 heterocycles. The van der Waals surface area contributed by atoms with E-state index in [1.54, 1.807) is 0 Å². The highest BCUT2D eigenvalue weighted by Gasteiger charge is 2.42. The number of rotatable bonds is 2. The maximum Gasteiger partial charge on any atom is 0.254 e. The van der Waals surface area contributed by atoms with Crippen LogP contribution >= 0.6 is 0 Å². The molecule has 1 aromatic rings. The Kier molecular flexibility index (Phi) is 3.16. The van der Waals surface area contributed by atoms with E-state index in [1.165, 1.54) is 12.1 Å². The molecule has 7 heteroatoms. The topological polar surface area (TPSA) is 132 Å². The SMILES string of the molecule is Nc1ccc(C2NC(CO)C(O)C2O)c(=O)[nH]1. The van der Waals surface area contributed by atoms with Gasteiger partial charge < -0.3 is 31.4 Å². The summed E-state index contributed by atoms with van der Waals surface area (Å²) in [7, 11) is 0. The Labute approximate surface area is 96.9 Å². The van der Waals surface area contributed by atoms with Gasteiger partial charge in [-0.1, -0.05) is 0 Å². The summed E-state index contributed by atoms with van der Waals surface area (Å²) >= 11 is 0. The molecule has 94 valence electrons. The number of nitrogens with one attached hydrogen (secondary N) is 2. The molecule has 0 saturated carbocycles. The van der Waals surface area contributed by atoms with Crippen LogP contribution in [-0.2, 0) is 0 Å². The third kappa shape index (κ3) is 2.05. The second-order valence-electron chi connectivity index (χ2n) is 4.11. The maximum atomic E-state index is 11.6. The monoisotopic (exact) mass is 241 g/mol. The third-order valence-electron chi connectivity index (χ3n) is 2.99. The molecule has 0 amide bonds. The van der Waals surface area contributed by atoms with Crippen LogP contribution in [0.4, 0.5) is 5.82 Å². The first kappa shape index (κ1) is 12.1. The third-order valence-corrected chi connectivity index (χ3v) is 2.99. The molecule has 1 fully saturated rings. The summed E-state index contributed by atoms with van der Waals surface area (Å²) in [6.45, 7) is -0.318. The second-order valence-corrected chi connectivity index (χ2v) is 4.11. The number of nitrogen functional groups attached to an aromatic ring is 1. The van der Waals surface area contributed by atoms with Crippen LogP contribution in [0.5, 0.6) is 0 Å². The Balaban J connectivity index is 2.32. The zero-order valence-corrected chi connectivity index (χ0v) is 9.00. The summed E-state index contributed by atoms with van der Waals surface area (Å²) in [5.41, 5.74) is 5.27. The van der Waals surface area contributed by atoms with Crippen LogP contribution < -0.4 is 16.6 Å². The van der Waals surface area contributed by atoms with Crippen molar-refractivity contribution in [1.29, 1.82) is 0 Å². The number of aliphatic hydroxyl groups excluding tert-OH is 3. The van der Waals surface area contributed by atoms with E-state index in [0.29, 0.717) is 0 Å². The summed E-state index contributed by atoms with van der Waals surface area (Å²) in [5, 5.41) is 31.2. The molecule has 0 bridgehead atoms. The molecule has 1 aliphatic heterocycles. The number of aromatic nitrogens is 1. The number of hydrogen-bond donors (Lipinski definition) is 6. The maximum absolute atomic E-state index is 11.6. The van der Waals surface area contributed by atoms with Crippen LogP contribution in [0, 0.1) is 0 Å². The molecule has 1 saturated heterocycles. The Bertz CT molecular complexity index is 461. The van der Waals surface area contributed by atoms with E-state index in [0.717, 1.165) is 0 Å². The van der Waals surface area contributed by atoms with Crippen molar-refractivity contribution >= 4 is 5.82 Å². The molecule has 0 radical (unpaired) electrons. The number of nitrogens with two attached hydrogens (primary N) is 1. The van der Waals surface area contributed by atoms with Gasteiger partial charge in [-0.3, -0.25) is 4.79 Å². The van der Waals surface area contributed by atoms with Crippen LogP contribution in [0.1, 0.15) is 11.6 Å². The Morgan fingerprint density at radius 3 is 2.53 bits per heavy atom. The Morgan fingerprint density at radius 1 is 1.29 bits per heavy atom. The molecule has 0 aromatic carbocycles. The molecule has 1 aromatic heterocycles. The van der Waals surface area contributed by atoms with Gasteiger partial charge in [0, 0.05) is 5.56 Å². The van der Waals surface area contributed by atoms with Gasteiger partial charge >= 0.3 is 0 Å². The molecular weight excluding hydrogens is 226 g/mol. The van der Waals surface area contributed by atoms with Crippen molar-refractivity contribution in [2.75, 3.05) is 12.3 Å². The Hall–Kier alpha value is -1.41. The summed E-state index contributed by atoms with van der Waals surface area (Å²) < 4.78 is 0. The zero-order valence-electron chi connectivity index (χ0n) is 9.00. The highest BCUT2D eigenvalue weighted by Crippen LogP contribution is 2.25. The lowest BCUT2D eigenvalue weighted by Crippen LogP contribution is -2.36. The average molecular weight is 241 g/mol. The van der Waals surface area contributed by atoms with Crippen molar-refractivity contribution in [2.45, 2.75) is 24.3 Å². The standard InChI is InChI=1S/C10H15N3O4/c11-6-2-1-4(10(17)13-6)7-9(16)8(15)5(3-14)12-7/h1-2,5,7-9,12,14-16H,3H2,(H3,11,13,17). The van der Waals surface area contributed by atoms with Crippen molar-refractivity contribution < 1.29 is 15.3 Å². The molecule has 4 atom stereocenters. The first-order valence-corrected chi connectivity index (χ1v) is 5.26. The fourth-order valence-corrected chi connectivity index (χ4v) is 2.04. The first-order chi connectivity index (χ1) is 8.04. The number of pyridine rings is 1. The highest BCUT2D eigenvalue weighted by molar-refractivity contribution is 5.32. The summed E-state index contributed by atoms with van der Waals surface area (Å²) in [4.78, 5) is 14.1. The van der Waals surface area contributed by atoms with Crippen LogP contribution in [-0.4, -0.2) is 45.2 Å². The average Bonchev–Trinajstić information content (AvgIpc) is 2.57. The van der Waals surface area contributed by atoms with E-state index in [-0.39, 0.29) is 18.0 Å². The molecule has 1 aliphatic rings.